The summed E-state index contributed by atoms with van der Waals surface area (Å²) in [5, 5.41) is 11.9. The summed E-state index contributed by atoms with van der Waals surface area (Å²) in [4.78, 5) is 29.5. The van der Waals surface area contributed by atoms with Crippen LogP contribution >= 0.6 is 23.2 Å². The number of carbonyl (C=O) groups excluding carboxylic acids is 1. The van der Waals surface area contributed by atoms with Crippen LogP contribution in [0.2, 0.25) is 10.3 Å². The molecule has 0 aliphatic rings. The number of pyridine rings is 2. The number of hydrogen-bond donors (Lipinski definition) is 2. The first kappa shape index (κ1) is 23.3. The van der Waals surface area contributed by atoms with Crippen LogP contribution in [0.25, 0.3) is 0 Å². The number of rotatable bonds is 6. The maximum absolute atomic E-state index is 12.9. The minimum absolute atomic E-state index is 0.00975. The number of nitrogens with one attached hydrogen (secondary N) is 1. The number of nitrogens with zero attached hydrogens (tertiary/aromatic N) is 2. The van der Waals surface area contributed by atoms with Gasteiger partial charge in [0.1, 0.15) is 16.1 Å². The molecule has 2 aromatic heterocycles. The van der Waals surface area contributed by atoms with Crippen molar-refractivity contribution in [3.8, 4) is 0 Å². The first-order valence-electron chi connectivity index (χ1n) is 8.75. The molecule has 3 aromatic rings. The number of halogens is 3. The lowest BCUT2D eigenvalue weighted by Gasteiger charge is -2.05. The number of aromatic nitrogens is 2. The molecule has 2 heterocycles. The van der Waals surface area contributed by atoms with Crippen LogP contribution in [0.1, 0.15) is 16.7 Å². The average molecular weight is 450 g/mol. The Hall–Kier alpha value is -3.03. The lowest BCUT2D eigenvalue weighted by molar-refractivity contribution is -0.136. The number of carboxylic acid groups (broad SMARTS) is 1. The summed E-state index contributed by atoms with van der Waals surface area (Å²) in [5.74, 6) is -1.32. The second-order valence-electron chi connectivity index (χ2n) is 6.13. The van der Waals surface area contributed by atoms with E-state index in [4.69, 9.17) is 28.3 Å². The Balaban J connectivity index is 0.000000248. The first-order chi connectivity index (χ1) is 14.3. The number of benzene rings is 1. The van der Waals surface area contributed by atoms with Gasteiger partial charge in [0.15, 0.2) is 0 Å². The molecule has 2 N–H and O–H groups in total. The maximum atomic E-state index is 12.9. The molecule has 1 aromatic carbocycles. The zero-order chi connectivity index (χ0) is 21.9. The molecular formula is C21H18Cl2FN3O3. The number of hydrogen-bond acceptors (Lipinski definition) is 4. The van der Waals surface area contributed by atoms with Crippen LogP contribution < -0.4 is 5.32 Å². The van der Waals surface area contributed by atoms with E-state index in [-0.39, 0.29) is 24.6 Å². The predicted octanol–water partition coefficient (Wildman–Crippen LogP) is 4.10. The van der Waals surface area contributed by atoms with Crippen LogP contribution in [-0.4, -0.2) is 27.0 Å². The SMILES string of the molecule is O=C(Cc1ccc(Cl)nc1)NCc1cccc(F)c1.O=C(O)Cc1ccc(Cl)nc1. The van der Waals surface area contributed by atoms with Crippen LogP contribution in [0.15, 0.2) is 60.9 Å². The van der Waals surface area contributed by atoms with Gasteiger partial charge in [-0.2, -0.15) is 0 Å². The van der Waals surface area contributed by atoms with Crippen molar-refractivity contribution < 1.29 is 19.1 Å². The van der Waals surface area contributed by atoms with Crippen molar-refractivity contribution in [3.05, 3.63) is 93.7 Å². The second-order valence-corrected chi connectivity index (χ2v) is 6.91. The highest BCUT2D eigenvalue weighted by atomic mass is 35.5. The highest BCUT2D eigenvalue weighted by Gasteiger charge is 2.04. The van der Waals surface area contributed by atoms with Crippen LogP contribution in [0.3, 0.4) is 0 Å². The Morgan fingerprint density at radius 1 is 0.900 bits per heavy atom. The summed E-state index contributed by atoms with van der Waals surface area (Å²) in [6.07, 6.45) is 3.23. The Labute approximate surface area is 182 Å². The minimum atomic E-state index is -0.867. The molecule has 0 saturated carbocycles. The standard InChI is InChI=1S/C14H12ClFN2O.C7H6ClNO2/c15-13-5-4-11(8-17-13)7-14(19)18-9-10-2-1-3-12(16)6-10;8-6-2-1-5(4-9-6)3-7(10)11/h1-6,8H,7,9H2,(H,18,19);1-2,4H,3H2,(H,10,11). The highest BCUT2D eigenvalue weighted by molar-refractivity contribution is 6.29. The maximum Gasteiger partial charge on any atom is 0.307 e. The van der Waals surface area contributed by atoms with E-state index in [0.717, 1.165) is 11.1 Å². The van der Waals surface area contributed by atoms with Crippen molar-refractivity contribution in [2.75, 3.05) is 0 Å². The number of amides is 1. The van der Waals surface area contributed by atoms with Gasteiger partial charge in [-0.3, -0.25) is 9.59 Å². The Kier molecular flexibility index (Phi) is 9.18. The summed E-state index contributed by atoms with van der Waals surface area (Å²) >= 11 is 11.1. The number of carbonyl (C=O) groups is 2. The lowest BCUT2D eigenvalue weighted by atomic mass is 10.2. The van der Waals surface area contributed by atoms with Gasteiger partial charge >= 0.3 is 5.97 Å². The summed E-state index contributed by atoms with van der Waals surface area (Å²) in [7, 11) is 0. The fraction of sp³-hybridized carbons (Fsp3) is 0.143. The third-order valence-corrected chi connectivity index (χ3v) is 4.12. The summed E-state index contributed by atoms with van der Waals surface area (Å²) < 4.78 is 12.9. The van der Waals surface area contributed by atoms with Crippen LogP contribution in [0.5, 0.6) is 0 Å². The molecule has 6 nitrogen and oxygen atoms in total. The Bertz CT molecular complexity index is 984. The molecule has 156 valence electrons. The highest BCUT2D eigenvalue weighted by Crippen LogP contribution is 2.07. The minimum Gasteiger partial charge on any atom is -0.481 e. The number of aliphatic carboxylic acids is 1. The molecule has 3 rings (SSSR count). The van der Waals surface area contributed by atoms with Crippen molar-refractivity contribution >= 4 is 35.1 Å². The normalized spacial score (nSPS) is 9.97. The average Bonchev–Trinajstić information content (AvgIpc) is 2.70. The van der Waals surface area contributed by atoms with Gasteiger partial charge in [-0.05, 0) is 41.0 Å². The van der Waals surface area contributed by atoms with Gasteiger partial charge in [0.25, 0.3) is 0 Å². The van der Waals surface area contributed by atoms with E-state index < -0.39 is 5.97 Å². The molecule has 0 atom stereocenters. The van der Waals surface area contributed by atoms with E-state index in [1.807, 2.05) is 0 Å². The summed E-state index contributed by atoms with van der Waals surface area (Å²) in [5.41, 5.74) is 2.16. The topological polar surface area (TPSA) is 92.2 Å². The Morgan fingerprint density at radius 2 is 1.50 bits per heavy atom. The quantitative estimate of drug-likeness (QED) is 0.552. The molecule has 0 radical (unpaired) electrons. The second kappa shape index (κ2) is 11.8. The molecule has 0 aliphatic carbocycles. The van der Waals surface area contributed by atoms with Crippen LogP contribution in [0.4, 0.5) is 4.39 Å². The van der Waals surface area contributed by atoms with E-state index in [1.54, 1.807) is 42.6 Å². The molecule has 1 amide bonds. The van der Waals surface area contributed by atoms with Gasteiger partial charge in [0.2, 0.25) is 5.91 Å². The van der Waals surface area contributed by atoms with Crippen molar-refractivity contribution in [2.45, 2.75) is 19.4 Å². The van der Waals surface area contributed by atoms with Gasteiger partial charge in [0, 0.05) is 18.9 Å². The molecule has 0 bridgehead atoms. The van der Waals surface area contributed by atoms with Gasteiger partial charge in [-0.15, -0.1) is 0 Å². The van der Waals surface area contributed by atoms with Gasteiger partial charge < -0.3 is 10.4 Å². The predicted molar refractivity (Wildman–Crippen MR) is 112 cm³/mol. The van der Waals surface area contributed by atoms with Gasteiger partial charge in [-0.1, -0.05) is 47.5 Å². The molecule has 30 heavy (non-hydrogen) atoms. The molecule has 0 fully saturated rings. The fourth-order valence-electron chi connectivity index (χ4n) is 2.29. The Morgan fingerprint density at radius 3 is 2.00 bits per heavy atom. The van der Waals surface area contributed by atoms with Crippen molar-refractivity contribution in [3.63, 3.8) is 0 Å². The monoisotopic (exact) mass is 449 g/mol. The van der Waals surface area contributed by atoms with E-state index in [1.165, 1.54) is 18.3 Å². The zero-order valence-electron chi connectivity index (χ0n) is 15.7. The van der Waals surface area contributed by atoms with Crippen molar-refractivity contribution in [1.82, 2.24) is 15.3 Å². The lowest BCUT2D eigenvalue weighted by Crippen LogP contribution is -2.24. The smallest absolute Gasteiger partial charge is 0.307 e. The van der Waals surface area contributed by atoms with Gasteiger partial charge in [0.05, 0.1) is 12.8 Å². The van der Waals surface area contributed by atoms with Crippen LogP contribution in [0, 0.1) is 5.82 Å². The fourth-order valence-corrected chi connectivity index (χ4v) is 2.52. The van der Waals surface area contributed by atoms with Gasteiger partial charge in [-0.25, -0.2) is 14.4 Å². The molecule has 0 spiro atoms. The van der Waals surface area contributed by atoms with E-state index in [9.17, 15) is 14.0 Å². The molecule has 0 unspecified atom stereocenters. The zero-order valence-corrected chi connectivity index (χ0v) is 17.2. The third-order valence-electron chi connectivity index (χ3n) is 3.68. The molecular weight excluding hydrogens is 432 g/mol. The van der Waals surface area contributed by atoms with E-state index >= 15 is 0 Å². The van der Waals surface area contributed by atoms with E-state index in [2.05, 4.69) is 15.3 Å². The largest absolute Gasteiger partial charge is 0.481 e. The summed E-state index contributed by atoms with van der Waals surface area (Å²) in [6.45, 7) is 0.303. The first-order valence-corrected chi connectivity index (χ1v) is 9.51. The van der Waals surface area contributed by atoms with Crippen molar-refractivity contribution in [1.29, 1.82) is 0 Å². The molecule has 0 aliphatic heterocycles. The van der Waals surface area contributed by atoms with Crippen molar-refractivity contribution in [2.24, 2.45) is 0 Å². The number of carboxylic acids is 1. The summed E-state index contributed by atoms with van der Waals surface area (Å²) in [6, 6.07) is 12.7. The van der Waals surface area contributed by atoms with E-state index in [0.29, 0.717) is 22.4 Å². The third kappa shape index (κ3) is 8.98. The van der Waals surface area contributed by atoms with Crippen LogP contribution in [-0.2, 0) is 29.0 Å². The molecule has 0 saturated heterocycles. The molecule has 9 heteroatoms.